The maximum atomic E-state index is 7.04. The van der Waals surface area contributed by atoms with Crippen LogP contribution in [0.2, 0.25) is 0 Å². The van der Waals surface area contributed by atoms with Crippen LogP contribution in [0.4, 0.5) is 0 Å². The van der Waals surface area contributed by atoms with Crippen LogP contribution in [0.5, 0.6) is 0 Å². The van der Waals surface area contributed by atoms with Crippen molar-refractivity contribution in [3.8, 4) is 11.3 Å². The van der Waals surface area contributed by atoms with Crippen LogP contribution < -0.4 is 0 Å². The summed E-state index contributed by atoms with van der Waals surface area (Å²) < 4.78 is 0. The molecule has 4 nitrogen and oxygen atoms in total. The molecule has 1 aromatic heterocycles. The van der Waals surface area contributed by atoms with Gasteiger partial charge in [0.2, 0.25) is 0 Å². The number of hydrogen-bond acceptors (Lipinski definition) is 2. The molecule has 0 saturated carbocycles. The molecule has 0 saturated heterocycles. The van der Waals surface area contributed by atoms with Gasteiger partial charge in [-0.2, -0.15) is 0 Å². The summed E-state index contributed by atoms with van der Waals surface area (Å²) in [7, 11) is 0. The van der Waals surface area contributed by atoms with E-state index in [0.29, 0.717) is 0 Å². The summed E-state index contributed by atoms with van der Waals surface area (Å²) in [5, 5.41) is 7.04. The minimum absolute atomic E-state index is 0.721. The smallest absolute Gasteiger partial charge is 0.130 e. The topological polar surface area (TPSA) is 61.5 Å². The van der Waals surface area contributed by atoms with E-state index >= 15 is 0 Å². The molecule has 0 aliphatic carbocycles. The number of nitrogens with zero attached hydrogens (tertiary/aromatic N) is 3. The lowest BCUT2D eigenvalue weighted by molar-refractivity contribution is 1.18. The molecule has 3 rings (SSSR count). The molecule has 1 N–H and O–H groups in total. The Kier molecular flexibility index (Phi) is 3.69. The van der Waals surface area contributed by atoms with E-state index in [1.807, 2.05) is 18.3 Å². The summed E-state index contributed by atoms with van der Waals surface area (Å²) in [4.78, 5) is 13.0. The fourth-order valence-electron chi connectivity index (χ4n) is 2.52. The lowest BCUT2D eigenvalue weighted by Crippen LogP contribution is -2.01. The predicted octanol–water partition coefficient (Wildman–Crippen LogP) is 3.65. The molecular weight excluding hydrogens is 260 g/mol. The zero-order chi connectivity index (χ0) is 14.7. The van der Waals surface area contributed by atoms with Crippen molar-refractivity contribution in [2.24, 2.45) is 9.98 Å². The minimum atomic E-state index is 0.721. The van der Waals surface area contributed by atoms with Gasteiger partial charge in [-0.1, -0.05) is 23.8 Å². The highest BCUT2D eigenvalue weighted by molar-refractivity contribution is 6.15. The Bertz CT molecular complexity index is 744. The second-order valence-electron chi connectivity index (χ2n) is 5.00. The van der Waals surface area contributed by atoms with Gasteiger partial charge in [-0.15, -0.1) is 0 Å². The number of benzene rings is 1. The number of aliphatic imine (C=N–C) groups is 2. The van der Waals surface area contributed by atoms with Crippen LogP contribution in [0.3, 0.4) is 0 Å². The molecule has 0 fully saturated rings. The first-order valence-electron chi connectivity index (χ1n) is 6.93. The van der Waals surface area contributed by atoms with E-state index in [4.69, 9.17) is 5.41 Å². The third-order valence-corrected chi connectivity index (χ3v) is 3.47. The van der Waals surface area contributed by atoms with Gasteiger partial charge in [0.15, 0.2) is 0 Å². The van der Waals surface area contributed by atoms with Gasteiger partial charge in [-0.3, -0.25) is 10.4 Å². The van der Waals surface area contributed by atoms with Gasteiger partial charge in [0.05, 0.1) is 11.4 Å². The molecule has 0 amide bonds. The second kappa shape index (κ2) is 5.79. The molecule has 0 atom stereocenters. The zero-order valence-electron chi connectivity index (χ0n) is 11.9. The molecule has 0 spiro atoms. The molecule has 0 radical (unpaired) electrons. The molecule has 21 heavy (non-hydrogen) atoms. The lowest BCUT2D eigenvalue weighted by Gasteiger charge is -2.08. The van der Waals surface area contributed by atoms with Gasteiger partial charge >= 0.3 is 0 Å². The van der Waals surface area contributed by atoms with E-state index in [1.54, 1.807) is 0 Å². The Morgan fingerprint density at radius 2 is 2.10 bits per heavy atom. The van der Waals surface area contributed by atoms with Gasteiger partial charge in [-0.05, 0) is 31.5 Å². The lowest BCUT2D eigenvalue weighted by atomic mass is 9.99. The first-order chi connectivity index (χ1) is 10.3. The third-order valence-electron chi connectivity index (χ3n) is 3.47. The molecule has 1 aliphatic heterocycles. The Labute approximate surface area is 123 Å². The van der Waals surface area contributed by atoms with Crippen LogP contribution in [0, 0.1) is 12.3 Å². The molecular formula is C17H16N4. The van der Waals surface area contributed by atoms with E-state index in [9.17, 15) is 0 Å². The summed E-state index contributed by atoms with van der Waals surface area (Å²) in [6, 6.07) is 12.3. The van der Waals surface area contributed by atoms with Crippen molar-refractivity contribution >= 4 is 17.9 Å². The van der Waals surface area contributed by atoms with Crippen LogP contribution >= 0.6 is 0 Å². The van der Waals surface area contributed by atoms with Crippen molar-refractivity contribution in [1.82, 2.24) is 4.98 Å². The summed E-state index contributed by atoms with van der Waals surface area (Å²) in [5.41, 5.74) is 5.32. The molecule has 0 unspecified atom stereocenters. The molecule has 4 heteroatoms. The zero-order valence-corrected chi connectivity index (χ0v) is 11.9. The van der Waals surface area contributed by atoms with Gasteiger partial charge in [-0.25, -0.2) is 9.98 Å². The molecule has 2 aromatic rings. The number of amidine groups is 1. The Hall–Kier alpha value is -2.62. The summed E-state index contributed by atoms with van der Waals surface area (Å²) in [5.74, 6) is 0.721. The largest absolute Gasteiger partial charge is 0.289 e. The van der Waals surface area contributed by atoms with Crippen LogP contribution in [0.15, 0.2) is 52.6 Å². The first kappa shape index (κ1) is 13.4. The van der Waals surface area contributed by atoms with E-state index in [1.165, 1.54) is 5.56 Å². The molecule has 2 heterocycles. The van der Waals surface area contributed by atoms with Crippen molar-refractivity contribution in [2.45, 2.75) is 19.8 Å². The number of hydrogen-bond donors (Lipinski definition) is 1. The monoisotopic (exact) mass is 276 g/mol. The predicted molar refractivity (Wildman–Crippen MR) is 86.4 cm³/mol. The second-order valence-corrected chi connectivity index (χ2v) is 5.00. The molecule has 1 aliphatic rings. The maximum absolute atomic E-state index is 7.04. The van der Waals surface area contributed by atoms with Crippen LogP contribution in [0.25, 0.3) is 11.3 Å². The SMILES string of the molecule is Cc1cccc(-c2ncccc2C2=NC(=NC=N)CC2)c1. The van der Waals surface area contributed by atoms with Crippen molar-refractivity contribution < 1.29 is 0 Å². The van der Waals surface area contributed by atoms with Gasteiger partial charge in [0.25, 0.3) is 0 Å². The fraction of sp³-hybridized carbons (Fsp3) is 0.176. The van der Waals surface area contributed by atoms with E-state index in [-0.39, 0.29) is 0 Å². The highest BCUT2D eigenvalue weighted by Crippen LogP contribution is 2.26. The Balaban J connectivity index is 2.07. The van der Waals surface area contributed by atoms with E-state index in [2.05, 4.69) is 46.2 Å². The maximum Gasteiger partial charge on any atom is 0.130 e. The number of aryl methyl sites for hydroxylation is 1. The van der Waals surface area contributed by atoms with E-state index < -0.39 is 0 Å². The fourth-order valence-corrected chi connectivity index (χ4v) is 2.52. The van der Waals surface area contributed by atoms with Gasteiger partial charge < -0.3 is 0 Å². The van der Waals surface area contributed by atoms with Crippen molar-refractivity contribution in [1.29, 1.82) is 5.41 Å². The number of rotatable bonds is 3. The first-order valence-corrected chi connectivity index (χ1v) is 6.93. The Morgan fingerprint density at radius 3 is 2.90 bits per heavy atom. The average molecular weight is 276 g/mol. The van der Waals surface area contributed by atoms with E-state index in [0.717, 1.165) is 47.5 Å². The third kappa shape index (κ3) is 2.79. The van der Waals surface area contributed by atoms with Crippen molar-refractivity contribution in [3.63, 3.8) is 0 Å². The number of nitrogens with one attached hydrogen (secondary N) is 1. The van der Waals surface area contributed by atoms with Crippen LogP contribution in [-0.2, 0) is 0 Å². The molecule has 1 aromatic carbocycles. The normalized spacial score (nSPS) is 16.0. The van der Waals surface area contributed by atoms with Gasteiger partial charge in [0, 0.05) is 23.7 Å². The minimum Gasteiger partial charge on any atom is -0.289 e. The quantitative estimate of drug-likeness (QED) is 0.675. The Morgan fingerprint density at radius 1 is 1.19 bits per heavy atom. The summed E-state index contributed by atoms with van der Waals surface area (Å²) >= 11 is 0. The molecule has 0 bridgehead atoms. The average Bonchev–Trinajstić information content (AvgIpc) is 2.96. The summed E-state index contributed by atoms with van der Waals surface area (Å²) in [6.07, 6.45) is 4.49. The number of aromatic nitrogens is 1. The van der Waals surface area contributed by atoms with Gasteiger partial charge in [0.1, 0.15) is 12.2 Å². The standard InChI is InChI=1S/C17H16N4/c1-12-4-2-5-13(10-12)17-14(6-3-9-19-17)15-7-8-16(21-15)20-11-18/h2-6,9-11,18H,7-8H2,1H3. The van der Waals surface area contributed by atoms with Crippen LogP contribution in [0.1, 0.15) is 24.0 Å². The van der Waals surface area contributed by atoms with Crippen molar-refractivity contribution in [3.05, 3.63) is 53.7 Å². The molecule has 104 valence electrons. The number of pyridine rings is 1. The highest BCUT2D eigenvalue weighted by Gasteiger charge is 2.18. The summed E-state index contributed by atoms with van der Waals surface area (Å²) in [6.45, 7) is 2.08. The van der Waals surface area contributed by atoms with Crippen molar-refractivity contribution in [2.75, 3.05) is 0 Å². The van der Waals surface area contributed by atoms with Crippen LogP contribution in [-0.4, -0.2) is 22.9 Å². The highest BCUT2D eigenvalue weighted by atomic mass is 14.9.